The Hall–Kier alpha value is -1.30. The number of rotatable bonds is 11. The molecule has 3 nitrogen and oxygen atoms in total. The standard InChI is InChI=1S/C25H37N3S2/c1-4-5-6-7-8-19-30-23-12-9-21(10-13-23)24-20-22(28-17-15-26-16-18-28)11-14-25(24)27(2)29-3/h9-14,20,26H,4-8,15-19H2,1-3H3. The Morgan fingerprint density at radius 3 is 2.40 bits per heavy atom. The van der Waals surface area contributed by atoms with E-state index in [0.29, 0.717) is 0 Å². The Morgan fingerprint density at radius 1 is 0.967 bits per heavy atom. The van der Waals surface area contributed by atoms with Crippen molar-refractivity contribution < 1.29 is 0 Å². The van der Waals surface area contributed by atoms with E-state index in [1.807, 2.05) is 11.8 Å². The summed E-state index contributed by atoms with van der Waals surface area (Å²) in [7, 11) is 2.15. The molecule has 0 aliphatic carbocycles. The third kappa shape index (κ3) is 6.60. The Labute approximate surface area is 192 Å². The third-order valence-corrected chi connectivity index (χ3v) is 7.60. The van der Waals surface area contributed by atoms with E-state index >= 15 is 0 Å². The van der Waals surface area contributed by atoms with Crippen LogP contribution in [-0.4, -0.2) is 45.2 Å². The van der Waals surface area contributed by atoms with Gasteiger partial charge >= 0.3 is 0 Å². The lowest BCUT2D eigenvalue weighted by molar-refractivity contribution is 0.589. The molecule has 2 aromatic rings. The average Bonchev–Trinajstić information content (AvgIpc) is 2.81. The Balaban J connectivity index is 1.72. The van der Waals surface area contributed by atoms with Gasteiger partial charge in [-0.3, -0.25) is 0 Å². The summed E-state index contributed by atoms with van der Waals surface area (Å²) in [5.41, 5.74) is 5.22. The van der Waals surface area contributed by atoms with Gasteiger partial charge in [0.25, 0.3) is 0 Å². The van der Waals surface area contributed by atoms with Crippen molar-refractivity contribution in [2.75, 3.05) is 54.4 Å². The molecule has 164 valence electrons. The van der Waals surface area contributed by atoms with Gasteiger partial charge in [-0.15, -0.1) is 11.8 Å². The molecule has 0 radical (unpaired) electrons. The number of hydrogen-bond acceptors (Lipinski definition) is 5. The fourth-order valence-corrected chi connectivity index (χ4v) is 5.14. The maximum absolute atomic E-state index is 3.45. The highest BCUT2D eigenvalue weighted by molar-refractivity contribution is 8.00. The molecule has 0 amide bonds. The summed E-state index contributed by atoms with van der Waals surface area (Å²) < 4.78 is 2.26. The maximum Gasteiger partial charge on any atom is 0.0546 e. The lowest BCUT2D eigenvalue weighted by atomic mass is 10.0. The van der Waals surface area contributed by atoms with Gasteiger partial charge < -0.3 is 14.5 Å². The summed E-state index contributed by atoms with van der Waals surface area (Å²) >= 11 is 3.75. The molecule has 1 aliphatic rings. The minimum Gasteiger partial charge on any atom is -0.369 e. The molecule has 5 heteroatoms. The van der Waals surface area contributed by atoms with Crippen LogP contribution in [0.4, 0.5) is 11.4 Å². The molecule has 3 rings (SSSR count). The molecule has 0 aromatic heterocycles. The predicted octanol–water partition coefficient (Wildman–Crippen LogP) is 6.54. The average molecular weight is 444 g/mol. The number of unbranched alkanes of at least 4 members (excludes halogenated alkanes) is 4. The molecule has 0 spiro atoms. The van der Waals surface area contributed by atoms with Crippen LogP contribution in [0.1, 0.15) is 39.0 Å². The van der Waals surface area contributed by atoms with Crippen molar-refractivity contribution in [2.24, 2.45) is 0 Å². The molecule has 0 bridgehead atoms. The molecular formula is C25H37N3S2. The van der Waals surface area contributed by atoms with Crippen LogP contribution in [0.5, 0.6) is 0 Å². The molecule has 2 aromatic carbocycles. The van der Waals surface area contributed by atoms with Crippen LogP contribution in [0.15, 0.2) is 47.4 Å². The van der Waals surface area contributed by atoms with E-state index in [1.165, 1.54) is 65.3 Å². The first-order valence-electron chi connectivity index (χ1n) is 11.3. The molecule has 1 aliphatic heterocycles. The van der Waals surface area contributed by atoms with Gasteiger partial charge in [-0.05, 0) is 48.1 Å². The van der Waals surface area contributed by atoms with E-state index in [1.54, 1.807) is 11.9 Å². The molecular weight excluding hydrogens is 406 g/mol. The second kappa shape index (κ2) is 12.5. The fourth-order valence-electron chi connectivity index (χ4n) is 3.87. The van der Waals surface area contributed by atoms with Crippen LogP contribution in [0.2, 0.25) is 0 Å². The molecule has 1 heterocycles. The Bertz CT molecular complexity index is 757. The number of thioether (sulfide) groups is 1. The van der Waals surface area contributed by atoms with Crippen molar-refractivity contribution in [3.8, 4) is 11.1 Å². The maximum atomic E-state index is 3.45. The van der Waals surface area contributed by atoms with Crippen molar-refractivity contribution in [3.05, 3.63) is 42.5 Å². The van der Waals surface area contributed by atoms with E-state index < -0.39 is 0 Å². The number of benzene rings is 2. The van der Waals surface area contributed by atoms with E-state index in [9.17, 15) is 0 Å². The number of nitrogens with one attached hydrogen (secondary N) is 1. The summed E-state index contributed by atoms with van der Waals surface area (Å²) in [5, 5.41) is 3.45. The van der Waals surface area contributed by atoms with Crippen LogP contribution >= 0.6 is 23.7 Å². The molecule has 1 saturated heterocycles. The van der Waals surface area contributed by atoms with Gasteiger partial charge in [-0.1, -0.05) is 56.7 Å². The van der Waals surface area contributed by atoms with Gasteiger partial charge in [0.05, 0.1) is 5.69 Å². The predicted molar refractivity (Wildman–Crippen MR) is 138 cm³/mol. The zero-order valence-corrected chi connectivity index (χ0v) is 20.5. The molecule has 0 unspecified atom stereocenters. The Kier molecular flexibility index (Phi) is 9.76. The van der Waals surface area contributed by atoms with Crippen molar-refractivity contribution >= 4 is 35.1 Å². The fraction of sp³-hybridized carbons (Fsp3) is 0.520. The zero-order chi connectivity index (χ0) is 21.2. The highest BCUT2D eigenvalue weighted by Crippen LogP contribution is 2.37. The van der Waals surface area contributed by atoms with Crippen molar-refractivity contribution in [3.63, 3.8) is 0 Å². The van der Waals surface area contributed by atoms with Crippen molar-refractivity contribution in [1.29, 1.82) is 0 Å². The van der Waals surface area contributed by atoms with Gasteiger partial charge in [0, 0.05) is 55.6 Å². The minimum atomic E-state index is 1.06. The summed E-state index contributed by atoms with van der Waals surface area (Å²) in [4.78, 5) is 3.87. The highest BCUT2D eigenvalue weighted by Gasteiger charge is 2.15. The van der Waals surface area contributed by atoms with Crippen LogP contribution in [0.25, 0.3) is 11.1 Å². The number of anilines is 2. The summed E-state index contributed by atoms with van der Waals surface area (Å²) in [6, 6.07) is 16.1. The highest BCUT2D eigenvalue weighted by atomic mass is 32.2. The van der Waals surface area contributed by atoms with Gasteiger partial charge in [0.1, 0.15) is 0 Å². The molecule has 0 saturated carbocycles. The zero-order valence-electron chi connectivity index (χ0n) is 18.8. The van der Waals surface area contributed by atoms with E-state index in [2.05, 4.69) is 77.2 Å². The molecule has 1 N–H and O–H groups in total. The van der Waals surface area contributed by atoms with Crippen LogP contribution in [-0.2, 0) is 0 Å². The lowest BCUT2D eigenvalue weighted by Crippen LogP contribution is -2.43. The van der Waals surface area contributed by atoms with Gasteiger partial charge in [0.15, 0.2) is 0 Å². The first kappa shape index (κ1) is 23.4. The Morgan fingerprint density at radius 2 is 1.70 bits per heavy atom. The number of piperazine rings is 1. The first-order valence-corrected chi connectivity index (χ1v) is 13.5. The van der Waals surface area contributed by atoms with Crippen molar-refractivity contribution in [1.82, 2.24) is 5.32 Å². The van der Waals surface area contributed by atoms with E-state index in [4.69, 9.17) is 0 Å². The topological polar surface area (TPSA) is 18.5 Å². The first-order chi connectivity index (χ1) is 14.7. The minimum absolute atomic E-state index is 1.06. The molecule has 1 fully saturated rings. The smallest absolute Gasteiger partial charge is 0.0546 e. The SMILES string of the molecule is CCCCCCCSc1ccc(-c2cc(N3CCNCC3)ccc2N(C)SC)cc1. The van der Waals surface area contributed by atoms with Crippen LogP contribution in [0, 0.1) is 0 Å². The monoisotopic (exact) mass is 443 g/mol. The summed E-state index contributed by atoms with van der Waals surface area (Å²) in [6.45, 7) is 6.55. The molecule has 30 heavy (non-hydrogen) atoms. The normalized spacial score (nSPS) is 14.2. The summed E-state index contributed by atoms with van der Waals surface area (Å²) in [5.74, 6) is 1.22. The lowest BCUT2D eigenvalue weighted by Gasteiger charge is -2.31. The largest absolute Gasteiger partial charge is 0.369 e. The van der Waals surface area contributed by atoms with Gasteiger partial charge in [0.2, 0.25) is 0 Å². The summed E-state index contributed by atoms with van der Waals surface area (Å²) in [6.07, 6.45) is 8.89. The second-order valence-electron chi connectivity index (χ2n) is 7.91. The van der Waals surface area contributed by atoms with Crippen LogP contribution in [0.3, 0.4) is 0 Å². The second-order valence-corrected chi connectivity index (χ2v) is 9.99. The van der Waals surface area contributed by atoms with E-state index in [-0.39, 0.29) is 0 Å². The third-order valence-electron chi connectivity index (χ3n) is 5.76. The van der Waals surface area contributed by atoms with Gasteiger partial charge in [-0.2, -0.15) is 0 Å². The molecule has 0 atom stereocenters. The van der Waals surface area contributed by atoms with Crippen molar-refractivity contribution in [2.45, 2.75) is 43.9 Å². The quantitative estimate of drug-likeness (QED) is 0.241. The van der Waals surface area contributed by atoms with E-state index in [0.717, 1.165) is 26.2 Å². The van der Waals surface area contributed by atoms with Gasteiger partial charge in [-0.25, -0.2) is 0 Å². The van der Waals surface area contributed by atoms with Crippen LogP contribution < -0.4 is 14.5 Å². The number of nitrogens with zero attached hydrogens (tertiary/aromatic N) is 2. The number of hydrogen-bond donors (Lipinski definition) is 1.